The number of nitrogens with one attached hydrogen (secondary N) is 1. The number of anilines is 1. The second kappa shape index (κ2) is 3.74. The molecular formula is C13H19N3. The third-order valence-corrected chi connectivity index (χ3v) is 2.80. The van der Waals surface area contributed by atoms with Crippen LogP contribution in [0, 0.1) is 0 Å². The minimum atomic E-state index is 0.203. The Balaban J connectivity index is 2.15. The average molecular weight is 217 g/mol. The quantitative estimate of drug-likeness (QED) is 0.757. The molecule has 1 aromatic rings. The highest BCUT2D eigenvalue weighted by atomic mass is 15.5. The van der Waals surface area contributed by atoms with Crippen molar-refractivity contribution in [2.45, 2.75) is 26.2 Å². The molecule has 0 spiro atoms. The molecule has 0 amide bonds. The van der Waals surface area contributed by atoms with E-state index in [4.69, 9.17) is 5.73 Å². The fourth-order valence-corrected chi connectivity index (χ4v) is 1.75. The minimum absolute atomic E-state index is 0.203. The first-order chi connectivity index (χ1) is 7.47. The van der Waals surface area contributed by atoms with Gasteiger partial charge in [0, 0.05) is 0 Å². The summed E-state index contributed by atoms with van der Waals surface area (Å²) < 4.78 is 0. The lowest BCUT2D eigenvalue weighted by Gasteiger charge is -2.22. The maximum atomic E-state index is 5.67. The molecule has 0 aromatic heterocycles. The monoisotopic (exact) mass is 217 g/mol. The Morgan fingerprint density at radius 1 is 1.19 bits per heavy atom. The molecule has 3 heteroatoms. The molecule has 0 saturated carbocycles. The Morgan fingerprint density at radius 3 is 2.25 bits per heavy atom. The third-order valence-electron chi connectivity index (χ3n) is 2.80. The van der Waals surface area contributed by atoms with Gasteiger partial charge in [0.15, 0.2) is 0 Å². The highest BCUT2D eigenvalue weighted by Crippen LogP contribution is 2.25. The van der Waals surface area contributed by atoms with Crippen LogP contribution in [-0.4, -0.2) is 6.54 Å². The summed E-state index contributed by atoms with van der Waals surface area (Å²) in [4.78, 5) is 0. The lowest BCUT2D eigenvalue weighted by atomic mass is 9.87. The van der Waals surface area contributed by atoms with Gasteiger partial charge in [0.2, 0.25) is 0 Å². The Morgan fingerprint density at radius 2 is 1.81 bits per heavy atom. The van der Waals surface area contributed by atoms with Crippen LogP contribution < -0.4 is 16.2 Å². The summed E-state index contributed by atoms with van der Waals surface area (Å²) in [7, 11) is 0. The summed E-state index contributed by atoms with van der Waals surface area (Å²) in [6.07, 6.45) is 1.97. The molecule has 3 nitrogen and oxygen atoms in total. The van der Waals surface area contributed by atoms with E-state index in [1.165, 1.54) is 5.56 Å². The van der Waals surface area contributed by atoms with Crippen molar-refractivity contribution in [3.05, 3.63) is 41.7 Å². The molecule has 0 saturated heterocycles. The molecule has 0 fully saturated rings. The van der Waals surface area contributed by atoms with Crippen molar-refractivity contribution in [1.82, 2.24) is 5.43 Å². The molecule has 0 aliphatic carbocycles. The van der Waals surface area contributed by atoms with E-state index in [0.29, 0.717) is 0 Å². The number of nitrogens with two attached hydrogens (primary N) is 1. The molecule has 1 heterocycles. The topological polar surface area (TPSA) is 41.3 Å². The maximum absolute atomic E-state index is 5.67. The van der Waals surface area contributed by atoms with Crippen molar-refractivity contribution >= 4 is 5.69 Å². The van der Waals surface area contributed by atoms with E-state index >= 15 is 0 Å². The standard InChI is InChI=1S/C13H19N3/c1-13(2,3)10-4-6-11(7-5-10)16-9-8-12(14)15-16/h4-8,15H,9,14H2,1-3H3. The first-order valence-electron chi connectivity index (χ1n) is 5.57. The Hall–Kier alpha value is -1.64. The van der Waals surface area contributed by atoms with Gasteiger partial charge in [-0.1, -0.05) is 32.9 Å². The number of rotatable bonds is 1. The van der Waals surface area contributed by atoms with E-state index in [0.717, 1.165) is 18.1 Å². The average Bonchev–Trinajstić information content (AvgIpc) is 2.64. The summed E-state index contributed by atoms with van der Waals surface area (Å²) in [5.74, 6) is 0.722. The van der Waals surface area contributed by atoms with Crippen molar-refractivity contribution in [3.63, 3.8) is 0 Å². The molecule has 1 aromatic carbocycles. The van der Waals surface area contributed by atoms with Gasteiger partial charge in [0.05, 0.1) is 12.2 Å². The molecule has 1 aliphatic heterocycles. The van der Waals surface area contributed by atoms with E-state index in [1.54, 1.807) is 0 Å². The lowest BCUT2D eigenvalue weighted by Crippen LogP contribution is -2.33. The van der Waals surface area contributed by atoms with Crippen molar-refractivity contribution in [2.24, 2.45) is 5.73 Å². The van der Waals surface area contributed by atoms with Gasteiger partial charge in [0.1, 0.15) is 5.82 Å². The Kier molecular flexibility index (Phi) is 2.54. The molecule has 1 aliphatic rings. The van der Waals surface area contributed by atoms with Gasteiger partial charge in [-0.2, -0.15) is 0 Å². The Labute approximate surface area is 96.9 Å². The van der Waals surface area contributed by atoms with E-state index < -0.39 is 0 Å². The molecule has 16 heavy (non-hydrogen) atoms. The van der Waals surface area contributed by atoms with Gasteiger partial charge >= 0.3 is 0 Å². The number of nitrogens with zero attached hydrogens (tertiary/aromatic N) is 1. The van der Waals surface area contributed by atoms with Crippen molar-refractivity contribution < 1.29 is 0 Å². The van der Waals surface area contributed by atoms with E-state index in [-0.39, 0.29) is 5.41 Å². The zero-order valence-electron chi connectivity index (χ0n) is 10.1. The molecule has 0 radical (unpaired) electrons. The number of hydrazine groups is 1. The van der Waals surface area contributed by atoms with Crippen LogP contribution in [0.2, 0.25) is 0 Å². The molecule has 2 rings (SSSR count). The van der Waals surface area contributed by atoms with Gasteiger partial charge in [0.25, 0.3) is 0 Å². The van der Waals surface area contributed by atoms with E-state index in [1.807, 2.05) is 11.1 Å². The van der Waals surface area contributed by atoms with Crippen LogP contribution >= 0.6 is 0 Å². The smallest absolute Gasteiger partial charge is 0.113 e. The van der Waals surface area contributed by atoms with Crippen LogP contribution in [-0.2, 0) is 5.41 Å². The minimum Gasteiger partial charge on any atom is -0.384 e. The van der Waals surface area contributed by atoms with Crippen LogP contribution in [0.1, 0.15) is 26.3 Å². The highest BCUT2D eigenvalue weighted by molar-refractivity contribution is 5.50. The predicted molar refractivity (Wildman–Crippen MR) is 67.9 cm³/mol. The van der Waals surface area contributed by atoms with Gasteiger partial charge in [-0.25, -0.2) is 0 Å². The third kappa shape index (κ3) is 2.13. The van der Waals surface area contributed by atoms with E-state index in [9.17, 15) is 0 Å². The molecule has 0 atom stereocenters. The summed E-state index contributed by atoms with van der Waals surface area (Å²) in [6, 6.07) is 8.59. The summed E-state index contributed by atoms with van der Waals surface area (Å²) in [5, 5.41) is 2.03. The fraction of sp³-hybridized carbons (Fsp3) is 0.385. The van der Waals surface area contributed by atoms with Crippen molar-refractivity contribution in [2.75, 3.05) is 11.6 Å². The summed E-state index contributed by atoms with van der Waals surface area (Å²) in [6.45, 7) is 7.47. The maximum Gasteiger partial charge on any atom is 0.113 e. The second-order valence-electron chi connectivity index (χ2n) is 5.18. The van der Waals surface area contributed by atoms with Gasteiger partial charge in [-0.05, 0) is 29.2 Å². The summed E-state index contributed by atoms with van der Waals surface area (Å²) in [5.41, 5.74) is 11.5. The molecular weight excluding hydrogens is 198 g/mol. The fourth-order valence-electron chi connectivity index (χ4n) is 1.75. The van der Waals surface area contributed by atoms with Crippen LogP contribution in [0.15, 0.2) is 36.2 Å². The van der Waals surface area contributed by atoms with Crippen LogP contribution in [0.3, 0.4) is 0 Å². The molecule has 3 N–H and O–H groups in total. The zero-order valence-corrected chi connectivity index (χ0v) is 10.1. The zero-order chi connectivity index (χ0) is 11.8. The van der Waals surface area contributed by atoms with Crippen molar-refractivity contribution in [1.29, 1.82) is 0 Å². The van der Waals surface area contributed by atoms with Crippen molar-refractivity contribution in [3.8, 4) is 0 Å². The molecule has 0 bridgehead atoms. The SMILES string of the molecule is CC(C)(C)c1ccc(N2CC=C(N)N2)cc1. The second-order valence-corrected chi connectivity index (χ2v) is 5.18. The molecule has 86 valence electrons. The van der Waals surface area contributed by atoms with Crippen LogP contribution in [0.5, 0.6) is 0 Å². The predicted octanol–water partition coefficient (Wildman–Crippen LogP) is 2.11. The first kappa shape index (κ1) is 10.9. The number of hydrogen-bond donors (Lipinski definition) is 2. The largest absolute Gasteiger partial charge is 0.384 e. The van der Waals surface area contributed by atoms with Crippen LogP contribution in [0.4, 0.5) is 5.69 Å². The van der Waals surface area contributed by atoms with Gasteiger partial charge in [-0.3, -0.25) is 10.4 Å². The van der Waals surface area contributed by atoms with Crippen LogP contribution in [0.25, 0.3) is 0 Å². The number of benzene rings is 1. The number of hydrogen-bond acceptors (Lipinski definition) is 3. The van der Waals surface area contributed by atoms with Gasteiger partial charge in [-0.15, -0.1) is 0 Å². The van der Waals surface area contributed by atoms with Gasteiger partial charge < -0.3 is 5.73 Å². The lowest BCUT2D eigenvalue weighted by molar-refractivity contribution is 0.590. The normalized spacial score (nSPS) is 15.9. The Bertz CT molecular complexity index is 398. The highest BCUT2D eigenvalue weighted by Gasteiger charge is 2.15. The summed E-state index contributed by atoms with van der Waals surface area (Å²) >= 11 is 0. The first-order valence-corrected chi connectivity index (χ1v) is 5.57. The molecule has 0 unspecified atom stereocenters. The van der Waals surface area contributed by atoms with E-state index in [2.05, 4.69) is 50.5 Å².